The molecule has 0 aliphatic carbocycles. The van der Waals surface area contributed by atoms with Crippen LogP contribution in [0.4, 0.5) is 0 Å². The van der Waals surface area contributed by atoms with Crippen LogP contribution in [0.25, 0.3) is 0 Å². The van der Waals surface area contributed by atoms with Gasteiger partial charge in [0, 0.05) is 5.71 Å². The monoisotopic (exact) mass is 276 g/mol. The van der Waals surface area contributed by atoms with E-state index in [1.165, 1.54) is 0 Å². The summed E-state index contributed by atoms with van der Waals surface area (Å²) in [6.45, 7) is 6.18. The predicted octanol–water partition coefficient (Wildman–Crippen LogP) is 3.45. The Morgan fingerprint density at radius 3 is 2.55 bits per heavy atom. The van der Waals surface area contributed by atoms with Gasteiger partial charge in [-0.2, -0.15) is 5.10 Å². The minimum Gasteiger partial charge on any atom is -0.484 e. The number of carbonyl (C=O) groups is 1. The number of benzene rings is 1. The number of rotatable bonds is 8. The number of hydrogen-bond donors (Lipinski definition) is 1. The number of aryl methyl sites for hydroxylation is 1. The van der Waals surface area contributed by atoms with Gasteiger partial charge in [0.05, 0.1) is 0 Å². The highest BCUT2D eigenvalue weighted by atomic mass is 16.5. The van der Waals surface area contributed by atoms with Crippen molar-refractivity contribution in [2.45, 2.75) is 46.5 Å². The molecule has 0 aliphatic rings. The number of nitrogens with one attached hydrogen (secondary N) is 1. The summed E-state index contributed by atoms with van der Waals surface area (Å²) in [5, 5.41) is 4.14. The maximum absolute atomic E-state index is 11.6. The first-order valence-corrected chi connectivity index (χ1v) is 7.19. The highest BCUT2D eigenvalue weighted by Crippen LogP contribution is 2.10. The maximum atomic E-state index is 11.6. The van der Waals surface area contributed by atoms with Crippen molar-refractivity contribution in [3.05, 3.63) is 29.8 Å². The minimum atomic E-state index is -0.229. The van der Waals surface area contributed by atoms with Crippen molar-refractivity contribution in [3.63, 3.8) is 0 Å². The van der Waals surface area contributed by atoms with Gasteiger partial charge in [0.15, 0.2) is 6.61 Å². The van der Waals surface area contributed by atoms with Gasteiger partial charge in [-0.1, -0.05) is 38.0 Å². The van der Waals surface area contributed by atoms with Gasteiger partial charge in [0.1, 0.15) is 5.75 Å². The quantitative estimate of drug-likeness (QED) is 0.584. The Labute approximate surface area is 121 Å². The predicted molar refractivity (Wildman–Crippen MR) is 82.1 cm³/mol. The zero-order chi connectivity index (χ0) is 14.8. The van der Waals surface area contributed by atoms with Crippen LogP contribution in [0.2, 0.25) is 0 Å². The molecule has 0 fully saturated rings. The Morgan fingerprint density at radius 2 is 1.95 bits per heavy atom. The van der Waals surface area contributed by atoms with Gasteiger partial charge >= 0.3 is 0 Å². The van der Waals surface area contributed by atoms with Gasteiger partial charge < -0.3 is 4.74 Å². The molecule has 4 nitrogen and oxygen atoms in total. The van der Waals surface area contributed by atoms with Crippen molar-refractivity contribution in [2.24, 2.45) is 5.10 Å². The second-order valence-corrected chi connectivity index (χ2v) is 4.77. The summed E-state index contributed by atoms with van der Waals surface area (Å²) in [6.07, 6.45) is 4.02. The number of amides is 1. The highest BCUT2D eigenvalue weighted by molar-refractivity contribution is 5.86. The smallest absolute Gasteiger partial charge is 0.277 e. The highest BCUT2D eigenvalue weighted by Gasteiger charge is 2.02. The molecule has 1 aromatic rings. The largest absolute Gasteiger partial charge is 0.484 e. The summed E-state index contributed by atoms with van der Waals surface area (Å²) in [6, 6.07) is 7.60. The topological polar surface area (TPSA) is 50.7 Å². The van der Waals surface area contributed by atoms with Gasteiger partial charge in [-0.3, -0.25) is 4.79 Å². The third kappa shape index (κ3) is 6.36. The zero-order valence-corrected chi connectivity index (χ0v) is 12.6. The number of hydrogen-bond acceptors (Lipinski definition) is 3. The van der Waals surface area contributed by atoms with Crippen LogP contribution in [-0.2, 0) is 4.79 Å². The molecular formula is C16H24N2O2. The van der Waals surface area contributed by atoms with E-state index in [1.54, 1.807) is 0 Å². The lowest BCUT2D eigenvalue weighted by atomic mass is 10.1. The van der Waals surface area contributed by atoms with Crippen LogP contribution < -0.4 is 10.2 Å². The van der Waals surface area contributed by atoms with Crippen LogP contribution in [0.15, 0.2) is 29.4 Å². The third-order valence-corrected chi connectivity index (χ3v) is 2.96. The van der Waals surface area contributed by atoms with Crippen molar-refractivity contribution in [1.29, 1.82) is 0 Å². The van der Waals surface area contributed by atoms with E-state index in [-0.39, 0.29) is 12.5 Å². The van der Waals surface area contributed by atoms with E-state index in [0.29, 0.717) is 5.75 Å². The van der Waals surface area contributed by atoms with Gasteiger partial charge in [-0.25, -0.2) is 5.43 Å². The molecule has 1 N–H and O–H groups in total. The van der Waals surface area contributed by atoms with Crippen molar-refractivity contribution >= 4 is 11.6 Å². The van der Waals surface area contributed by atoms with E-state index >= 15 is 0 Å². The molecule has 0 heterocycles. The standard InChI is InChI=1S/C16H24N2O2/c1-4-6-7-14(5-2)17-18-16(19)12-20-15-10-8-13(3)9-11-15/h8-11H,4-7,12H2,1-3H3,(H,18,19)/b17-14+. The molecule has 1 rings (SSSR count). The van der Waals surface area contributed by atoms with Crippen LogP contribution in [-0.4, -0.2) is 18.2 Å². The van der Waals surface area contributed by atoms with Crippen molar-refractivity contribution in [1.82, 2.24) is 5.43 Å². The number of carbonyl (C=O) groups excluding carboxylic acids is 1. The van der Waals surface area contributed by atoms with Gasteiger partial charge in [-0.15, -0.1) is 0 Å². The second kappa shape index (κ2) is 9.13. The molecule has 1 aromatic carbocycles. The van der Waals surface area contributed by atoms with Crippen LogP contribution in [0.5, 0.6) is 5.75 Å². The number of nitrogens with zero attached hydrogens (tertiary/aromatic N) is 1. The Hall–Kier alpha value is -1.84. The van der Waals surface area contributed by atoms with Crippen LogP contribution in [0.1, 0.15) is 45.1 Å². The van der Waals surface area contributed by atoms with E-state index in [4.69, 9.17) is 4.74 Å². The van der Waals surface area contributed by atoms with E-state index in [2.05, 4.69) is 17.5 Å². The Balaban J connectivity index is 2.35. The molecule has 1 amide bonds. The molecule has 0 aromatic heterocycles. The van der Waals surface area contributed by atoms with Gasteiger partial charge in [0.2, 0.25) is 0 Å². The van der Waals surface area contributed by atoms with E-state index in [9.17, 15) is 4.79 Å². The molecule has 0 spiro atoms. The average molecular weight is 276 g/mol. The Morgan fingerprint density at radius 1 is 1.25 bits per heavy atom. The molecule has 4 heteroatoms. The Bertz CT molecular complexity index is 438. The Kier molecular flexibility index (Phi) is 7.40. The first-order chi connectivity index (χ1) is 9.65. The van der Waals surface area contributed by atoms with Gasteiger partial charge in [0.25, 0.3) is 5.91 Å². The summed E-state index contributed by atoms with van der Waals surface area (Å²) in [7, 11) is 0. The first-order valence-electron chi connectivity index (χ1n) is 7.19. The molecule has 0 saturated heterocycles. The summed E-state index contributed by atoms with van der Waals surface area (Å²) in [5.74, 6) is 0.462. The number of ether oxygens (including phenoxy) is 1. The van der Waals surface area contributed by atoms with Crippen molar-refractivity contribution in [2.75, 3.05) is 6.61 Å². The van der Waals surface area contributed by atoms with Crippen molar-refractivity contribution < 1.29 is 9.53 Å². The van der Waals surface area contributed by atoms with Crippen LogP contribution in [0, 0.1) is 6.92 Å². The van der Waals surface area contributed by atoms with E-state index in [1.807, 2.05) is 38.1 Å². The van der Waals surface area contributed by atoms with Gasteiger partial charge in [-0.05, 0) is 38.3 Å². The first kappa shape index (κ1) is 16.2. The molecule has 0 bridgehead atoms. The fourth-order valence-corrected chi connectivity index (χ4v) is 1.65. The number of unbranched alkanes of at least 4 members (excludes halogenated alkanes) is 1. The normalized spacial score (nSPS) is 11.2. The molecule has 0 radical (unpaired) electrons. The second-order valence-electron chi connectivity index (χ2n) is 4.77. The molecule has 0 atom stereocenters. The summed E-state index contributed by atoms with van der Waals surface area (Å²) < 4.78 is 5.39. The molecule has 20 heavy (non-hydrogen) atoms. The molecule has 110 valence electrons. The maximum Gasteiger partial charge on any atom is 0.277 e. The van der Waals surface area contributed by atoms with E-state index < -0.39 is 0 Å². The fraction of sp³-hybridized carbons (Fsp3) is 0.500. The lowest BCUT2D eigenvalue weighted by molar-refractivity contribution is -0.123. The average Bonchev–Trinajstić information content (AvgIpc) is 2.47. The molecule has 0 unspecified atom stereocenters. The molecular weight excluding hydrogens is 252 g/mol. The summed E-state index contributed by atoms with van der Waals surface area (Å²) >= 11 is 0. The summed E-state index contributed by atoms with van der Waals surface area (Å²) in [4.78, 5) is 11.6. The van der Waals surface area contributed by atoms with Crippen LogP contribution in [0.3, 0.4) is 0 Å². The zero-order valence-electron chi connectivity index (χ0n) is 12.6. The molecule has 0 saturated carbocycles. The van der Waals surface area contributed by atoms with Crippen molar-refractivity contribution in [3.8, 4) is 5.75 Å². The summed E-state index contributed by atoms with van der Waals surface area (Å²) in [5.41, 5.74) is 4.73. The van der Waals surface area contributed by atoms with Crippen LogP contribution >= 0.6 is 0 Å². The third-order valence-electron chi connectivity index (χ3n) is 2.96. The van der Waals surface area contributed by atoms with E-state index in [0.717, 1.165) is 37.0 Å². The SMILES string of the molecule is CCCC/C(CC)=N/NC(=O)COc1ccc(C)cc1. The lowest BCUT2D eigenvalue weighted by Gasteiger charge is -2.06. The fourth-order valence-electron chi connectivity index (χ4n) is 1.65. The minimum absolute atomic E-state index is 0.0165. The number of hydrazone groups is 1. The molecule has 0 aliphatic heterocycles. The lowest BCUT2D eigenvalue weighted by Crippen LogP contribution is -2.25.